The van der Waals surface area contributed by atoms with Crippen LogP contribution in [0.5, 0.6) is 0 Å². The first-order valence-electron chi connectivity index (χ1n) is 6.17. The number of rotatable bonds is 9. The van der Waals surface area contributed by atoms with Gasteiger partial charge in [-0.25, -0.2) is 9.97 Å². The van der Waals surface area contributed by atoms with Gasteiger partial charge in [-0.15, -0.1) is 0 Å². The van der Waals surface area contributed by atoms with Gasteiger partial charge in [-0.1, -0.05) is 24.6 Å². The zero-order chi connectivity index (χ0) is 13.2. The lowest BCUT2D eigenvalue weighted by Gasteiger charge is -2.07. The Morgan fingerprint density at radius 2 is 1.94 bits per heavy atom. The molecule has 0 spiro atoms. The van der Waals surface area contributed by atoms with Gasteiger partial charge in [0, 0.05) is 12.6 Å². The molecule has 0 unspecified atom stereocenters. The van der Waals surface area contributed by atoms with Crippen LogP contribution in [0.3, 0.4) is 0 Å². The number of nitrogens with one attached hydrogen (secondary N) is 1. The van der Waals surface area contributed by atoms with Crippen molar-refractivity contribution in [1.29, 1.82) is 0 Å². The number of anilines is 2. The van der Waals surface area contributed by atoms with Gasteiger partial charge in [0.15, 0.2) is 5.16 Å². The van der Waals surface area contributed by atoms with E-state index in [0.29, 0.717) is 5.82 Å². The molecule has 0 radical (unpaired) electrons. The van der Waals surface area contributed by atoms with Crippen LogP contribution in [0.4, 0.5) is 11.6 Å². The number of hydrogen-bond donors (Lipinski definition) is 2. The van der Waals surface area contributed by atoms with Crippen molar-refractivity contribution in [2.45, 2.75) is 30.8 Å². The molecule has 0 amide bonds. The fourth-order valence-electron chi connectivity index (χ4n) is 1.57. The normalized spacial score (nSPS) is 10.6. The molecule has 1 aromatic heterocycles. The van der Waals surface area contributed by atoms with Crippen molar-refractivity contribution in [3.05, 3.63) is 6.07 Å². The first-order chi connectivity index (χ1) is 8.76. The Labute approximate surface area is 118 Å². The molecule has 0 aliphatic heterocycles. The minimum absolute atomic E-state index is 0.525. The number of nitrogens with zero attached hydrogens (tertiary/aromatic N) is 2. The van der Waals surface area contributed by atoms with Crippen LogP contribution >= 0.6 is 23.5 Å². The Morgan fingerprint density at radius 1 is 1.17 bits per heavy atom. The molecule has 1 rings (SSSR count). The predicted molar refractivity (Wildman–Crippen MR) is 83.6 cm³/mol. The molecule has 3 N–H and O–H groups in total. The average Bonchev–Trinajstić information content (AvgIpc) is 2.37. The molecule has 18 heavy (non-hydrogen) atoms. The van der Waals surface area contributed by atoms with E-state index < -0.39 is 0 Å². The third kappa shape index (κ3) is 6.35. The quantitative estimate of drug-likeness (QED) is 0.413. The molecule has 0 atom stereocenters. The predicted octanol–water partition coefficient (Wildman–Crippen LogP) is 3.12. The molecule has 0 saturated carbocycles. The molecular weight excluding hydrogens is 264 g/mol. The summed E-state index contributed by atoms with van der Waals surface area (Å²) >= 11 is 3.42. The minimum atomic E-state index is 0.525. The van der Waals surface area contributed by atoms with Gasteiger partial charge in [0.1, 0.15) is 11.6 Å². The van der Waals surface area contributed by atoms with Crippen LogP contribution in [0.25, 0.3) is 0 Å². The van der Waals surface area contributed by atoms with Crippen molar-refractivity contribution in [3.63, 3.8) is 0 Å². The first kappa shape index (κ1) is 15.4. The van der Waals surface area contributed by atoms with Gasteiger partial charge in [-0.2, -0.15) is 11.8 Å². The van der Waals surface area contributed by atoms with Crippen molar-refractivity contribution in [1.82, 2.24) is 9.97 Å². The highest BCUT2D eigenvalue weighted by Crippen LogP contribution is 2.15. The maximum Gasteiger partial charge on any atom is 0.191 e. The average molecular weight is 286 g/mol. The maximum absolute atomic E-state index is 5.71. The summed E-state index contributed by atoms with van der Waals surface area (Å²) < 4.78 is 0. The number of nitrogens with two attached hydrogens (primary N) is 1. The van der Waals surface area contributed by atoms with E-state index in [1.165, 1.54) is 43.2 Å². The molecule has 1 aromatic rings. The highest BCUT2D eigenvalue weighted by Gasteiger charge is 2.00. The van der Waals surface area contributed by atoms with Crippen LogP contribution in [0, 0.1) is 0 Å². The Balaban J connectivity index is 2.20. The van der Waals surface area contributed by atoms with Gasteiger partial charge in [-0.3, -0.25) is 0 Å². The topological polar surface area (TPSA) is 63.8 Å². The molecule has 6 heteroatoms. The lowest BCUT2D eigenvalue weighted by molar-refractivity contribution is 0.688. The van der Waals surface area contributed by atoms with Gasteiger partial charge < -0.3 is 11.1 Å². The standard InChI is InChI=1S/C12H22N4S2/c1-17-8-6-4-3-5-7-14-11-9-10(13)15-12(16-11)18-2/h9H,3-8H2,1-2H3,(H3,13,14,15,16). The van der Waals surface area contributed by atoms with Crippen LogP contribution in [0.15, 0.2) is 11.2 Å². The van der Waals surface area contributed by atoms with Gasteiger partial charge >= 0.3 is 0 Å². The Kier molecular flexibility index (Phi) is 8.00. The number of aromatic nitrogens is 2. The van der Waals surface area contributed by atoms with Gasteiger partial charge in [0.25, 0.3) is 0 Å². The highest BCUT2D eigenvalue weighted by molar-refractivity contribution is 7.98. The Bertz CT molecular complexity index is 347. The molecule has 0 aromatic carbocycles. The summed E-state index contributed by atoms with van der Waals surface area (Å²) in [4.78, 5) is 8.47. The molecule has 102 valence electrons. The van der Waals surface area contributed by atoms with Crippen LogP contribution < -0.4 is 11.1 Å². The van der Waals surface area contributed by atoms with E-state index in [0.717, 1.165) is 17.5 Å². The third-order valence-corrected chi connectivity index (χ3v) is 3.73. The smallest absolute Gasteiger partial charge is 0.191 e. The van der Waals surface area contributed by atoms with Crippen molar-refractivity contribution in [2.75, 3.05) is 35.9 Å². The minimum Gasteiger partial charge on any atom is -0.383 e. The molecular formula is C12H22N4S2. The Morgan fingerprint density at radius 3 is 2.67 bits per heavy atom. The monoisotopic (exact) mass is 286 g/mol. The van der Waals surface area contributed by atoms with E-state index in [-0.39, 0.29) is 0 Å². The van der Waals surface area contributed by atoms with Crippen LogP contribution in [-0.4, -0.2) is 34.8 Å². The SMILES string of the molecule is CSCCCCCCNc1cc(N)nc(SC)n1. The fraction of sp³-hybridized carbons (Fsp3) is 0.667. The molecule has 0 fully saturated rings. The van der Waals surface area contributed by atoms with E-state index in [4.69, 9.17) is 5.73 Å². The summed E-state index contributed by atoms with van der Waals surface area (Å²) in [6.45, 7) is 0.948. The van der Waals surface area contributed by atoms with Gasteiger partial charge in [0.05, 0.1) is 0 Å². The highest BCUT2D eigenvalue weighted by atomic mass is 32.2. The second kappa shape index (κ2) is 9.33. The molecule has 1 heterocycles. The van der Waals surface area contributed by atoms with Crippen LogP contribution in [0.1, 0.15) is 25.7 Å². The number of thioether (sulfide) groups is 2. The van der Waals surface area contributed by atoms with Crippen LogP contribution in [0.2, 0.25) is 0 Å². The third-order valence-electron chi connectivity index (χ3n) is 2.49. The van der Waals surface area contributed by atoms with Crippen molar-refractivity contribution >= 4 is 35.2 Å². The molecule has 0 aliphatic rings. The number of unbranched alkanes of at least 4 members (excludes halogenated alkanes) is 3. The Hall–Kier alpha value is -0.620. The summed E-state index contributed by atoms with van der Waals surface area (Å²) in [6.07, 6.45) is 9.17. The zero-order valence-corrected chi connectivity index (χ0v) is 12.7. The summed E-state index contributed by atoms with van der Waals surface area (Å²) in [7, 11) is 0. The van der Waals surface area contributed by atoms with E-state index in [2.05, 4.69) is 21.5 Å². The van der Waals surface area contributed by atoms with Gasteiger partial charge in [0.2, 0.25) is 0 Å². The van der Waals surface area contributed by atoms with Gasteiger partial charge in [-0.05, 0) is 31.1 Å². The summed E-state index contributed by atoms with van der Waals surface area (Å²) in [6, 6.07) is 1.79. The van der Waals surface area contributed by atoms with E-state index in [1.54, 1.807) is 6.07 Å². The zero-order valence-electron chi connectivity index (χ0n) is 11.1. The summed E-state index contributed by atoms with van der Waals surface area (Å²) in [5.41, 5.74) is 5.71. The summed E-state index contributed by atoms with van der Waals surface area (Å²) in [5, 5.41) is 4.02. The number of hydrogen-bond acceptors (Lipinski definition) is 6. The fourth-order valence-corrected chi connectivity index (χ4v) is 2.45. The summed E-state index contributed by atoms with van der Waals surface area (Å²) in [5.74, 6) is 2.63. The second-order valence-electron chi connectivity index (χ2n) is 4.00. The maximum atomic E-state index is 5.71. The lowest BCUT2D eigenvalue weighted by atomic mass is 10.2. The molecule has 0 saturated heterocycles. The van der Waals surface area contributed by atoms with Crippen molar-refractivity contribution in [2.24, 2.45) is 0 Å². The number of nitrogen functional groups attached to an aromatic ring is 1. The van der Waals surface area contributed by atoms with Crippen molar-refractivity contribution < 1.29 is 0 Å². The second-order valence-corrected chi connectivity index (χ2v) is 5.76. The van der Waals surface area contributed by atoms with E-state index >= 15 is 0 Å². The largest absolute Gasteiger partial charge is 0.383 e. The first-order valence-corrected chi connectivity index (χ1v) is 8.79. The molecule has 4 nitrogen and oxygen atoms in total. The van der Waals surface area contributed by atoms with Crippen molar-refractivity contribution in [3.8, 4) is 0 Å². The van der Waals surface area contributed by atoms with E-state index in [9.17, 15) is 0 Å². The lowest BCUT2D eigenvalue weighted by Crippen LogP contribution is -2.06. The van der Waals surface area contributed by atoms with Crippen LogP contribution in [-0.2, 0) is 0 Å². The molecule has 0 aliphatic carbocycles. The molecule has 0 bridgehead atoms. The van der Waals surface area contributed by atoms with E-state index in [1.807, 2.05) is 18.0 Å².